The van der Waals surface area contributed by atoms with Crippen LogP contribution in [0.15, 0.2) is 30.5 Å². The fourth-order valence-corrected chi connectivity index (χ4v) is 3.30. The van der Waals surface area contributed by atoms with E-state index in [1.165, 1.54) is 24.4 Å². The maximum Gasteiger partial charge on any atom is 0.287 e. The molecule has 11 heteroatoms. The van der Waals surface area contributed by atoms with Gasteiger partial charge in [0.15, 0.2) is 6.61 Å². The van der Waals surface area contributed by atoms with Crippen LogP contribution in [0, 0.1) is 10.1 Å². The molecule has 1 amide bonds. The maximum atomic E-state index is 12.4. The summed E-state index contributed by atoms with van der Waals surface area (Å²) in [5, 5.41) is 11.6. The van der Waals surface area contributed by atoms with E-state index < -0.39 is 4.92 Å². The van der Waals surface area contributed by atoms with Gasteiger partial charge in [-0.3, -0.25) is 14.9 Å². The van der Waals surface area contributed by atoms with E-state index in [0.717, 1.165) is 0 Å². The van der Waals surface area contributed by atoms with E-state index in [2.05, 4.69) is 4.98 Å². The van der Waals surface area contributed by atoms with E-state index in [1.54, 1.807) is 11.0 Å². The molecule has 28 heavy (non-hydrogen) atoms. The molecular weight excluding hydrogens is 431 g/mol. The Morgan fingerprint density at radius 2 is 1.79 bits per heavy atom. The van der Waals surface area contributed by atoms with Crippen LogP contribution in [0.1, 0.15) is 0 Å². The van der Waals surface area contributed by atoms with Crippen LogP contribution in [-0.4, -0.2) is 53.5 Å². The molecule has 1 aromatic carbocycles. The Morgan fingerprint density at radius 1 is 1.11 bits per heavy atom. The predicted molar refractivity (Wildman–Crippen MR) is 107 cm³/mol. The number of hydrogen-bond acceptors (Lipinski definition) is 6. The van der Waals surface area contributed by atoms with Crippen molar-refractivity contribution in [1.82, 2.24) is 9.88 Å². The second-order valence-electron chi connectivity index (χ2n) is 5.98. The standard InChI is InChI=1S/C17H15Cl3N4O4/c18-12-7-14(20)15(8-13(12)19)28-10-17(25)23-5-3-22(4-6-23)16-2-1-11(9-21-16)24(26)27/h1-2,7-9H,3-6,10H2. The molecule has 2 heterocycles. The van der Waals surface area contributed by atoms with Crippen LogP contribution in [0.2, 0.25) is 15.1 Å². The fourth-order valence-electron chi connectivity index (χ4n) is 2.70. The second kappa shape index (κ2) is 8.81. The van der Waals surface area contributed by atoms with Crippen LogP contribution in [0.5, 0.6) is 5.75 Å². The second-order valence-corrected chi connectivity index (χ2v) is 7.21. The number of nitro groups is 1. The molecule has 0 spiro atoms. The molecule has 0 atom stereocenters. The summed E-state index contributed by atoms with van der Waals surface area (Å²) >= 11 is 17.8. The number of benzene rings is 1. The molecule has 1 aliphatic heterocycles. The van der Waals surface area contributed by atoms with Gasteiger partial charge in [0.25, 0.3) is 11.6 Å². The van der Waals surface area contributed by atoms with E-state index in [0.29, 0.717) is 37.0 Å². The first kappa shape index (κ1) is 20.4. The summed E-state index contributed by atoms with van der Waals surface area (Å²) in [7, 11) is 0. The smallest absolute Gasteiger partial charge is 0.287 e. The molecule has 1 saturated heterocycles. The van der Waals surface area contributed by atoms with Crippen LogP contribution in [-0.2, 0) is 4.79 Å². The third-order valence-electron chi connectivity index (χ3n) is 4.23. The maximum absolute atomic E-state index is 12.4. The lowest BCUT2D eigenvalue weighted by Gasteiger charge is -2.35. The van der Waals surface area contributed by atoms with Gasteiger partial charge >= 0.3 is 0 Å². The van der Waals surface area contributed by atoms with Crippen molar-refractivity contribution in [2.45, 2.75) is 0 Å². The average molecular weight is 446 g/mol. The number of amides is 1. The minimum atomic E-state index is -0.493. The first-order chi connectivity index (χ1) is 13.3. The number of piperazine rings is 1. The Kier molecular flexibility index (Phi) is 6.43. The molecule has 0 unspecified atom stereocenters. The molecule has 1 aromatic heterocycles. The number of ether oxygens (including phenoxy) is 1. The molecule has 0 bridgehead atoms. The third kappa shape index (κ3) is 4.76. The van der Waals surface area contributed by atoms with Crippen molar-refractivity contribution in [2.24, 2.45) is 0 Å². The Hall–Kier alpha value is -2.29. The van der Waals surface area contributed by atoms with Gasteiger partial charge in [0, 0.05) is 38.3 Å². The number of carbonyl (C=O) groups is 1. The van der Waals surface area contributed by atoms with E-state index in [9.17, 15) is 14.9 Å². The Bertz CT molecular complexity index is 887. The highest BCUT2D eigenvalue weighted by Gasteiger charge is 2.23. The summed E-state index contributed by atoms with van der Waals surface area (Å²) in [5.41, 5.74) is -0.0596. The van der Waals surface area contributed by atoms with Crippen LogP contribution >= 0.6 is 34.8 Å². The number of halogens is 3. The number of pyridine rings is 1. The zero-order valence-electron chi connectivity index (χ0n) is 14.5. The van der Waals surface area contributed by atoms with Gasteiger partial charge in [-0.1, -0.05) is 34.8 Å². The SMILES string of the molecule is O=C(COc1cc(Cl)c(Cl)cc1Cl)N1CCN(c2ccc([N+](=O)[O-])cn2)CC1. The molecule has 1 fully saturated rings. The van der Waals surface area contributed by atoms with Crippen molar-refractivity contribution in [3.8, 4) is 5.75 Å². The van der Waals surface area contributed by atoms with Gasteiger partial charge in [-0.25, -0.2) is 4.98 Å². The molecule has 0 aliphatic carbocycles. The van der Waals surface area contributed by atoms with Crippen LogP contribution < -0.4 is 9.64 Å². The number of aromatic nitrogens is 1. The molecule has 148 valence electrons. The highest BCUT2D eigenvalue weighted by atomic mass is 35.5. The Labute approximate surface area is 175 Å². The summed E-state index contributed by atoms with van der Waals surface area (Å²) in [5.74, 6) is 0.744. The normalized spacial score (nSPS) is 14.1. The van der Waals surface area contributed by atoms with E-state index in [-0.39, 0.29) is 34.0 Å². The monoisotopic (exact) mass is 444 g/mol. The minimum Gasteiger partial charge on any atom is -0.482 e. The zero-order chi connectivity index (χ0) is 20.3. The lowest BCUT2D eigenvalue weighted by Crippen LogP contribution is -2.50. The van der Waals surface area contributed by atoms with E-state index in [4.69, 9.17) is 39.5 Å². The quantitative estimate of drug-likeness (QED) is 0.396. The van der Waals surface area contributed by atoms with Crippen molar-refractivity contribution in [3.63, 3.8) is 0 Å². The summed E-state index contributed by atoms with van der Waals surface area (Å²) in [4.78, 5) is 30.3. The van der Waals surface area contributed by atoms with Gasteiger partial charge < -0.3 is 14.5 Å². The lowest BCUT2D eigenvalue weighted by atomic mass is 10.3. The van der Waals surface area contributed by atoms with Crippen molar-refractivity contribution >= 4 is 52.2 Å². The molecule has 8 nitrogen and oxygen atoms in total. The summed E-state index contributed by atoms with van der Waals surface area (Å²) < 4.78 is 5.48. The predicted octanol–water partition coefficient (Wildman–Crippen LogP) is 3.68. The van der Waals surface area contributed by atoms with E-state index in [1.807, 2.05) is 4.90 Å². The zero-order valence-corrected chi connectivity index (χ0v) is 16.7. The van der Waals surface area contributed by atoms with Gasteiger partial charge in [-0.2, -0.15) is 0 Å². The molecule has 3 rings (SSSR count). The van der Waals surface area contributed by atoms with Crippen molar-refractivity contribution in [1.29, 1.82) is 0 Å². The minimum absolute atomic E-state index is 0.0596. The van der Waals surface area contributed by atoms with Crippen LogP contribution in [0.4, 0.5) is 11.5 Å². The third-order valence-corrected chi connectivity index (χ3v) is 5.24. The number of carbonyl (C=O) groups excluding carboxylic acids is 1. The van der Waals surface area contributed by atoms with E-state index >= 15 is 0 Å². The molecule has 0 radical (unpaired) electrons. The Balaban J connectivity index is 1.52. The summed E-state index contributed by atoms with van der Waals surface area (Å²) in [6, 6.07) is 5.94. The highest BCUT2D eigenvalue weighted by Crippen LogP contribution is 2.33. The lowest BCUT2D eigenvalue weighted by molar-refractivity contribution is -0.385. The summed E-state index contributed by atoms with van der Waals surface area (Å²) in [6.45, 7) is 1.91. The fraction of sp³-hybridized carbons (Fsp3) is 0.294. The van der Waals surface area contributed by atoms with Gasteiger partial charge in [-0.05, 0) is 12.1 Å². The number of nitrogens with zero attached hydrogens (tertiary/aromatic N) is 4. The first-order valence-corrected chi connectivity index (χ1v) is 9.39. The van der Waals surface area contributed by atoms with Gasteiger partial charge in [0.2, 0.25) is 0 Å². The topological polar surface area (TPSA) is 88.8 Å². The average Bonchev–Trinajstić information content (AvgIpc) is 2.69. The van der Waals surface area contributed by atoms with Crippen molar-refractivity contribution < 1.29 is 14.5 Å². The van der Waals surface area contributed by atoms with Gasteiger partial charge in [-0.15, -0.1) is 0 Å². The largest absolute Gasteiger partial charge is 0.482 e. The molecule has 0 N–H and O–H groups in total. The first-order valence-electron chi connectivity index (χ1n) is 8.25. The molecule has 0 saturated carbocycles. The van der Waals surface area contributed by atoms with Crippen LogP contribution in [0.25, 0.3) is 0 Å². The van der Waals surface area contributed by atoms with Gasteiger partial charge in [0.1, 0.15) is 17.8 Å². The number of anilines is 1. The Morgan fingerprint density at radius 3 is 2.39 bits per heavy atom. The highest BCUT2D eigenvalue weighted by molar-refractivity contribution is 6.43. The van der Waals surface area contributed by atoms with Crippen molar-refractivity contribution in [3.05, 3.63) is 55.6 Å². The molecule has 2 aromatic rings. The number of rotatable bonds is 5. The number of hydrogen-bond donors (Lipinski definition) is 0. The van der Waals surface area contributed by atoms with Gasteiger partial charge in [0.05, 0.1) is 20.0 Å². The van der Waals surface area contributed by atoms with Crippen molar-refractivity contribution in [2.75, 3.05) is 37.7 Å². The summed E-state index contributed by atoms with van der Waals surface area (Å²) in [6.07, 6.45) is 1.22. The van der Waals surface area contributed by atoms with Crippen LogP contribution in [0.3, 0.4) is 0 Å². The molecule has 1 aliphatic rings. The molecular formula is C17H15Cl3N4O4.